The lowest BCUT2D eigenvalue weighted by atomic mass is 9.91. The van der Waals surface area contributed by atoms with Gasteiger partial charge in [-0.3, -0.25) is 0 Å². The summed E-state index contributed by atoms with van der Waals surface area (Å²) >= 11 is 5.80. The maximum absolute atomic E-state index is 11.5. The molecule has 0 fully saturated rings. The van der Waals surface area contributed by atoms with Crippen molar-refractivity contribution in [3.63, 3.8) is 0 Å². The number of halogens is 1. The van der Waals surface area contributed by atoms with Crippen LogP contribution in [0, 0.1) is 0 Å². The maximum atomic E-state index is 11.5. The quantitative estimate of drug-likeness (QED) is 0.108. The van der Waals surface area contributed by atoms with Crippen molar-refractivity contribution in [2.45, 2.75) is 51.4 Å². The van der Waals surface area contributed by atoms with Gasteiger partial charge < -0.3 is 29.7 Å². The molecule has 0 heterocycles. The first-order valence-electron chi connectivity index (χ1n) is 17.4. The Bertz CT molecular complexity index is 2030. The van der Waals surface area contributed by atoms with Gasteiger partial charge >= 0.3 is 0 Å². The fraction of sp³-hybridized carbons (Fsp3) is 0.170. The molecule has 7 heteroatoms. The topological polar surface area (TPSA) is 112 Å². The van der Waals surface area contributed by atoms with E-state index in [1.54, 1.807) is 78.9 Å². The summed E-state index contributed by atoms with van der Waals surface area (Å²) in [5.41, 5.74) is 5.90. The molecular formula is C47H47ClO6. The average molecular weight is 743 g/mol. The number of aromatic hydroxyl groups is 3. The minimum Gasteiger partial charge on any atom is -0.508 e. The van der Waals surface area contributed by atoms with Crippen molar-refractivity contribution in [3.05, 3.63) is 184 Å². The zero-order valence-corrected chi connectivity index (χ0v) is 30.2. The van der Waals surface area contributed by atoms with E-state index in [0.29, 0.717) is 16.1 Å². The molecule has 0 aliphatic carbocycles. The largest absolute Gasteiger partial charge is 0.508 e. The molecule has 6 nitrogen and oxygen atoms in total. The molecule has 3 N–H and O–H groups in total. The van der Waals surface area contributed by atoms with Crippen molar-refractivity contribution in [1.82, 2.24) is 0 Å². The highest BCUT2D eigenvalue weighted by Gasteiger charge is 2.18. The minimum atomic E-state index is -0.464. The predicted octanol–water partition coefficient (Wildman–Crippen LogP) is 11.3. The summed E-state index contributed by atoms with van der Waals surface area (Å²) in [4.78, 5) is 33.6. The molecule has 3 unspecified atom stereocenters. The first kappa shape index (κ1) is 42.4. The number of hydrogen-bond acceptors (Lipinski definition) is 6. The van der Waals surface area contributed by atoms with Gasteiger partial charge in [0.15, 0.2) is 0 Å². The van der Waals surface area contributed by atoms with Crippen LogP contribution in [-0.4, -0.2) is 34.2 Å². The molecule has 0 spiro atoms. The lowest BCUT2D eigenvalue weighted by Crippen LogP contribution is -2.02. The Morgan fingerprint density at radius 1 is 0.500 bits per heavy atom. The Hall–Kier alpha value is -5.98. The van der Waals surface area contributed by atoms with Gasteiger partial charge in [0.05, 0.1) is 11.8 Å². The predicted molar refractivity (Wildman–Crippen MR) is 219 cm³/mol. The number of phenolic OH excluding ortho intramolecular Hbond substituents is 3. The van der Waals surface area contributed by atoms with Crippen LogP contribution in [0.2, 0.25) is 5.02 Å². The van der Waals surface area contributed by atoms with E-state index in [2.05, 4.69) is 19.1 Å². The van der Waals surface area contributed by atoms with Gasteiger partial charge in [0, 0.05) is 27.6 Å². The number of rotatable bonds is 12. The molecule has 3 atom stereocenters. The van der Waals surface area contributed by atoms with Crippen LogP contribution in [0.15, 0.2) is 152 Å². The normalized spacial score (nSPS) is 11.8. The van der Waals surface area contributed by atoms with Crippen molar-refractivity contribution in [2.24, 2.45) is 0 Å². The van der Waals surface area contributed by atoms with E-state index in [9.17, 15) is 29.7 Å². The second kappa shape index (κ2) is 22.2. The Morgan fingerprint density at radius 2 is 0.889 bits per heavy atom. The van der Waals surface area contributed by atoms with Crippen molar-refractivity contribution in [2.75, 3.05) is 0 Å². The summed E-state index contributed by atoms with van der Waals surface area (Å²) in [5.74, 6) is -0.581. The molecule has 0 amide bonds. The van der Waals surface area contributed by atoms with Gasteiger partial charge in [-0.25, -0.2) is 0 Å². The summed E-state index contributed by atoms with van der Waals surface area (Å²) in [7, 11) is 0. The van der Waals surface area contributed by atoms with Gasteiger partial charge in [0.25, 0.3) is 0 Å². The molecule has 0 bridgehead atoms. The van der Waals surface area contributed by atoms with Crippen LogP contribution >= 0.6 is 11.6 Å². The van der Waals surface area contributed by atoms with Crippen LogP contribution in [0.3, 0.4) is 0 Å². The number of hydrogen-bond donors (Lipinski definition) is 3. The smallest absolute Gasteiger partial charge is 0.131 e. The Morgan fingerprint density at radius 3 is 1.30 bits per heavy atom. The third kappa shape index (κ3) is 11.8. The highest BCUT2D eigenvalue weighted by molar-refractivity contribution is 6.30. The molecule has 6 rings (SSSR count). The SMILES string of the molecule is C.CCCCC(C=O)c1ccccc1O.O=CC(c1ccc(-c2ccccc2)cc1)c1ccccc1O.O=CC(c1ccc(Cl)cc1)c1ccccc1O. The molecule has 54 heavy (non-hydrogen) atoms. The zero-order valence-electron chi connectivity index (χ0n) is 29.5. The third-order valence-electron chi connectivity index (χ3n) is 8.79. The van der Waals surface area contributed by atoms with Crippen LogP contribution in [0.25, 0.3) is 11.1 Å². The van der Waals surface area contributed by atoms with Crippen LogP contribution in [0.4, 0.5) is 0 Å². The van der Waals surface area contributed by atoms with Crippen LogP contribution in [-0.2, 0) is 14.4 Å². The molecule has 0 radical (unpaired) electrons. The first-order chi connectivity index (χ1) is 25.8. The van der Waals surface area contributed by atoms with Gasteiger partial charge in [0.2, 0.25) is 0 Å². The summed E-state index contributed by atoms with van der Waals surface area (Å²) in [6.45, 7) is 2.09. The second-order valence-electron chi connectivity index (χ2n) is 12.3. The van der Waals surface area contributed by atoms with E-state index >= 15 is 0 Å². The summed E-state index contributed by atoms with van der Waals surface area (Å²) < 4.78 is 0. The van der Waals surface area contributed by atoms with Crippen LogP contribution in [0.5, 0.6) is 17.2 Å². The summed E-state index contributed by atoms with van der Waals surface area (Å²) in [6.07, 6.45) is 5.50. The van der Waals surface area contributed by atoms with E-state index in [1.165, 1.54) is 0 Å². The molecule has 6 aromatic rings. The van der Waals surface area contributed by atoms with Gasteiger partial charge in [0.1, 0.15) is 36.1 Å². The van der Waals surface area contributed by atoms with Gasteiger partial charge in [-0.2, -0.15) is 0 Å². The van der Waals surface area contributed by atoms with Crippen LogP contribution < -0.4 is 0 Å². The first-order valence-corrected chi connectivity index (χ1v) is 17.8. The van der Waals surface area contributed by atoms with Crippen molar-refractivity contribution in [3.8, 4) is 28.4 Å². The lowest BCUT2D eigenvalue weighted by molar-refractivity contribution is -0.109. The molecule has 0 saturated heterocycles. The minimum absolute atomic E-state index is 0. The Kier molecular flexibility index (Phi) is 17.4. The number of unbranched alkanes of at least 4 members (excludes halogenated alkanes) is 1. The van der Waals surface area contributed by atoms with Gasteiger partial charge in [-0.1, -0.05) is 160 Å². The molecule has 6 aromatic carbocycles. The molecular weight excluding hydrogens is 696 g/mol. The molecule has 278 valence electrons. The lowest BCUT2D eigenvalue weighted by Gasteiger charge is -2.13. The van der Waals surface area contributed by atoms with Crippen molar-refractivity contribution >= 4 is 30.5 Å². The number of carbonyl (C=O) groups is 3. The number of benzene rings is 6. The van der Waals surface area contributed by atoms with E-state index < -0.39 is 11.8 Å². The van der Waals surface area contributed by atoms with Crippen molar-refractivity contribution in [1.29, 1.82) is 0 Å². The van der Waals surface area contributed by atoms with Gasteiger partial charge in [-0.05, 0) is 59.0 Å². The highest BCUT2D eigenvalue weighted by Crippen LogP contribution is 2.32. The van der Waals surface area contributed by atoms with E-state index in [-0.39, 0.29) is 30.6 Å². The zero-order chi connectivity index (χ0) is 38.0. The van der Waals surface area contributed by atoms with Crippen LogP contribution in [0.1, 0.15) is 79.2 Å². The summed E-state index contributed by atoms with van der Waals surface area (Å²) in [6, 6.07) is 45.8. The highest BCUT2D eigenvalue weighted by atomic mass is 35.5. The monoisotopic (exact) mass is 742 g/mol. The second-order valence-corrected chi connectivity index (χ2v) is 12.8. The third-order valence-corrected chi connectivity index (χ3v) is 9.04. The Balaban J connectivity index is 0.000000222. The van der Waals surface area contributed by atoms with E-state index in [0.717, 1.165) is 65.9 Å². The average Bonchev–Trinajstić information content (AvgIpc) is 3.19. The standard InChI is InChI=1S/C20H16O2.C14H11ClO2.C12H16O2.CH4/c21-14-19(18-8-4-5-9-20(18)22)17-12-10-16(11-13-17)15-6-2-1-3-7-15;15-11-7-5-10(6-8-11)13(9-16)12-3-1-2-4-14(12)17;1-2-3-6-10(9-13)11-7-4-5-8-12(11)14;/h1-14,19,22H;1-9,13,17H;4-5,7-10,14H,2-3,6H2,1H3;1H4. The molecule has 0 saturated carbocycles. The van der Waals surface area contributed by atoms with E-state index in [4.69, 9.17) is 11.6 Å². The Labute approximate surface area is 323 Å². The van der Waals surface area contributed by atoms with Gasteiger partial charge in [-0.15, -0.1) is 0 Å². The summed E-state index contributed by atoms with van der Waals surface area (Å²) in [5, 5.41) is 29.9. The number of carbonyl (C=O) groups excluding carboxylic acids is 3. The molecule has 0 aliphatic heterocycles. The van der Waals surface area contributed by atoms with E-state index in [1.807, 2.05) is 60.7 Å². The molecule has 0 aromatic heterocycles. The number of phenols is 3. The maximum Gasteiger partial charge on any atom is 0.131 e. The fourth-order valence-electron chi connectivity index (χ4n) is 5.87. The fourth-order valence-corrected chi connectivity index (χ4v) is 6.00. The molecule has 0 aliphatic rings. The number of aldehydes is 3. The number of para-hydroxylation sites is 3. The van der Waals surface area contributed by atoms with Crippen molar-refractivity contribution < 1.29 is 29.7 Å².